The summed E-state index contributed by atoms with van der Waals surface area (Å²) in [4.78, 5) is 64.6. The van der Waals surface area contributed by atoms with Crippen molar-refractivity contribution in [1.82, 2.24) is 26.6 Å². The van der Waals surface area contributed by atoms with Crippen LogP contribution in [0.4, 0.5) is 4.79 Å². The van der Waals surface area contributed by atoms with Gasteiger partial charge in [-0.25, -0.2) is 4.79 Å². The van der Waals surface area contributed by atoms with Crippen LogP contribution in [-0.2, 0) is 23.9 Å². The zero-order valence-corrected chi connectivity index (χ0v) is 30.5. The predicted molar refractivity (Wildman–Crippen MR) is 181 cm³/mol. The molecule has 0 aromatic carbocycles. The third-order valence-corrected chi connectivity index (χ3v) is 7.53. The second kappa shape index (κ2) is 21.3. The number of ether oxygens (including phenoxy) is 1. The fourth-order valence-electron chi connectivity index (χ4n) is 4.60. The average Bonchev–Trinajstić information content (AvgIpc) is 2.91. The minimum atomic E-state index is -1.38. The normalized spacial score (nSPS) is 16.3. The van der Waals surface area contributed by atoms with Crippen molar-refractivity contribution in [2.75, 3.05) is 12.0 Å². The maximum Gasteiger partial charge on any atom is 0.408 e. The van der Waals surface area contributed by atoms with Crippen LogP contribution in [0.5, 0.6) is 0 Å². The van der Waals surface area contributed by atoms with E-state index >= 15 is 0 Å². The summed E-state index contributed by atoms with van der Waals surface area (Å²) in [7, 11) is 0. The first-order valence-corrected chi connectivity index (χ1v) is 17.7. The Kier molecular flexibility index (Phi) is 20.1. The lowest BCUT2D eigenvalue weighted by atomic mass is 9.92. The smallest absolute Gasteiger partial charge is 0.408 e. The Morgan fingerprint density at radius 3 is 1.76 bits per heavy atom. The first-order valence-electron chi connectivity index (χ1n) is 16.3. The van der Waals surface area contributed by atoms with Gasteiger partial charge in [0.25, 0.3) is 0 Å². The van der Waals surface area contributed by atoms with E-state index in [2.05, 4.69) is 26.6 Å². The molecule has 0 radical (unpaired) electrons. The molecule has 0 aromatic heterocycles. The van der Waals surface area contributed by atoms with Gasteiger partial charge >= 0.3 is 6.09 Å². The molecule has 0 fully saturated rings. The number of alkyl carbamates (subject to hydrolysis) is 1. The molecular formula is C32H61N5O8S. The molecule has 0 aromatic rings. The minimum absolute atomic E-state index is 0.0277. The van der Waals surface area contributed by atoms with Crippen LogP contribution in [0.3, 0.4) is 0 Å². The molecule has 0 heterocycles. The Bertz CT molecular complexity index is 973. The monoisotopic (exact) mass is 675 g/mol. The molecule has 0 saturated carbocycles. The lowest BCUT2D eigenvalue weighted by molar-refractivity contribution is -0.133. The van der Waals surface area contributed by atoms with Crippen molar-refractivity contribution in [3.8, 4) is 0 Å². The van der Waals surface area contributed by atoms with Gasteiger partial charge in [-0.3, -0.25) is 19.2 Å². The highest BCUT2D eigenvalue weighted by Gasteiger charge is 2.34. The molecule has 0 bridgehead atoms. The van der Waals surface area contributed by atoms with E-state index in [0.717, 1.165) is 0 Å². The zero-order valence-electron chi connectivity index (χ0n) is 29.7. The highest BCUT2D eigenvalue weighted by molar-refractivity contribution is 7.98. The molecule has 0 aliphatic rings. The lowest BCUT2D eigenvalue weighted by Gasteiger charge is -2.30. The van der Waals surface area contributed by atoms with E-state index in [1.807, 2.05) is 40.9 Å². The summed E-state index contributed by atoms with van der Waals surface area (Å²) >= 11 is 1.47. The fourth-order valence-corrected chi connectivity index (χ4v) is 5.07. The first-order chi connectivity index (χ1) is 21.2. The van der Waals surface area contributed by atoms with Gasteiger partial charge in [0.2, 0.25) is 23.6 Å². The number of thioether (sulfide) groups is 1. The summed E-state index contributed by atoms with van der Waals surface area (Å²) < 4.78 is 5.21. The standard InChI is InChI=1S/C32H61N5O8S/c1-12-13-22(28(41)33-19(4)5)34-27(40)20(6)17-25(39)24(16-18(2)3)36-29(42)23(14-15-46-11)35-30(43)26(21(7)38)37-31(44)45-32(8,9)10/h18-26,38-39H,12-17H2,1-11H3,(H,33,41)(H,34,40)(H,35,43)(H,36,42)(H,37,44)/t20-,21+,22+,23+,24+,25+,26+/m1/s1. The van der Waals surface area contributed by atoms with Crippen LogP contribution in [0.25, 0.3) is 0 Å². The second-order valence-electron chi connectivity index (χ2n) is 13.7. The minimum Gasteiger partial charge on any atom is -0.444 e. The highest BCUT2D eigenvalue weighted by atomic mass is 32.2. The molecular weight excluding hydrogens is 614 g/mol. The molecule has 7 N–H and O–H groups in total. The van der Waals surface area contributed by atoms with E-state index in [4.69, 9.17) is 4.74 Å². The highest BCUT2D eigenvalue weighted by Crippen LogP contribution is 2.17. The van der Waals surface area contributed by atoms with E-state index in [1.54, 1.807) is 27.7 Å². The maximum absolute atomic E-state index is 13.5. The predicted octanol–water partition coefficient (Wildman–Crippen LogP) is 2.23. The van der Waals surface area contributed by atoms with E-state index in [-0.39, 0.29) is 36.6 Å². The number of amides is 5. The van der Waals surface area contributed by atoms with Crippen molar-refractivity contribution in [3.05, 3.63) is 0 Å². The summed E-state index contributed by atoms with van der Waals surface area (Å²) in [6, 6.07) is -3.91. The summed E-state index contributed by atoms with van der Waals surface area (Å²) in [6.45, 7) is 17.5. The number of nitrogens with one attached hydrogen (secondary N) is 5. The Hall–Kier alpha value is -2.58. The zero-order chi connectivity index (χ0) is 35.8. The second-order valence-corrected chi connectivity index (χ2v) is 14.7. The van der Waals surface area contributed by atoms with Gasteiger partial charge < -0.3 is 41.5 Å². The van der Waals surface area contributed by atoms with E-state index in [1.165, 1.54) is 18.7 Å². The van der Waals surface area contributed by atoms with Gasteiger partial charge in [0.1, 0.15) is 23.7 Å². The number of rotatable bonds is 20. The van der Waals surface area contributed by atoms with Crippen LogP contribution in [0.15, 0.2) is 0 Å². The Morgan fingerprint density at radius 1 is 0.739 bits per heavy atom. The van der Waals surface area contributed by atoms with Crippen molar-refractivity contribution >= 4 is 41.5 Å². The number of carbonyl (C=O) groups excluding carboxylic acids is 5. The summed E-state index contributed by atoms with van der Waals surface area (Å²) in [5.41, 5.74) is -0.825. The SMILES string of the molecule is CCC[C@H](NC(=O)[C@H](C)C[C@H](O)[C@H](CC(C)C)NC(=O)[C@H](CCSC)NC(=O)[C@@H](NC(=O)OC(C)(C)C)[C@H](C)O)C(=O)NC(C)C. The summed E-state index contributed by atoms with van der Waals surface area (Å²) in [5, 5.41) is 34.9. The topological polar surface area (TPSA) is 195 Å². The number of aliphatic hydroxyl groups excluding tert-OH is 2. The third-order valence-electron chi connectivity index (χ3n) is 6.88. The van der Waals surface area contributed by atoms with Crippen molar-refractivity contribution in [1.29, 1.82) is 0 Å². The van der Waals surface area contributed by atoms with Crippen molar-refractivity contribution in [2.45, 2.75) is 149 Å². The van der Waals surface area contributed by atoms with E-state index in [9.17, 15) is 34.2 Å². The van der Waals surface area contributed by atoms with Crippen LogP contribution in [-0.4, -0.2) is 100.0 Å². The Labute approximate surface area is 279 Å². The molecule has 268 valence electrons. The largest absolute Gasteiger partial charge is 0.444 e. The number of carbonyl (C=O) groups is 5. The lowest BCUT2D eigenvalue weighted by Crippen LogP contribution is -2.59. The maximum atomic E-state index is 13.5. The van der Waals surface area contributed by atoms with Crippen molar-refractivity contribution in [3.63, 3.8) is 0 Å². The molecule has 7 atom stereocenters. The average molecular weight is 676 g/mol. The Morgan fingerprint density at radius 2 is 1.28 bits per heavy atom. The molecule has 0 rings (SSSR count). The first kappa shape index (κ1) is 43.4. The van der Waals surface area contributed by atoms with Crippen LogP contribution in [0, 0.1) is 11.8 Å². The van der Waals surface area contributed by atoms with Gasteiger partial charge in [-0.05, 0) is 85.2 Å². The fraction of sp³-hybridized carbons (Fsp3) is 0.844. The molecule has 0 aliphatic carbocycles. The third kappa shape index (κ3) is 17.9. The van der Waals surface area contributed by atoms with Crippen LogP contribution in [0.1, 0.15) is 101 Å². The van der Waals surface area contributed by atoms with E-state index in [0.29, 0.717) is 25.0 Å². The molecule has 0 spiro atoms. The van der Waals surface area contributed by atoms with Crippen LogP contribution >= 0.6 is 11.8 Å². The van der Waals surface area contributed by atoms with Crippen LogP contribution in [0.2, 0.25) is 0 Å². The number of hydrogen-bond donors (Lipinski definition) is 7. The quantitative estimate of drug-likeness (QED) is 0.101. The molecule has 0 aliphatic heterocycles. The van der Waals surface area contributed by atoms with Gasteiger partial charge in [0.05, 0.1) is 18.2 Å². The molecule has 0 saturated heterocycles. The summed E-state index contributed by atoms with van der Waals surface area (Å²) in [6.07, 6.45) is 0.421. The Balaban J connectivity index is 5.75. The molecule has 14 heteroatoms. The molecule has 5 amide bonds. The van der Waals surface area contributed by atoms with Gasteiger partial charge in [-0.1, -0.05) is 34.1 Å². The van der Waals surface area contributed by atoms with Gasteiger partial charge in [-0.2, -0.15) is 11.8 Å². The molecule has 46 heavy (non-hydrogen) atoms. The molecule has 13 nitrogen and oxygen atoms in total. The van der Waals surface area contributed by atoms with Gasteiger partial charge in [-0.15, -0.1) is 0 Å². The van der Waals surface area contributed by atoms with Gasteiger partial charge in [0, 0.05) is 12.0 Å². The van der Waals surface area contributed by atoms with E-state index < -0.39 is 65.8 Å². The van der Waals surface area contributed by atoms with Crippen LogP contribution < -0.4 is 26.6 Å². The molecule has 0 unspecified atom stereocenters. The van der Waals surface area contributed by atoms with Gasteiger partial charge in [0.15, 0.2) is 0 Å². The van der Waals surface area contributed by atoms with Crippen molar-refractivity contribution in [2.24, 2.45) is 11.8 Å². The number of aliphatic hydroxyl groups is 2. The number of hydrogen-bond acceptors (Lipinski definition) is 9. The summed E-state index contributed by atoms with van der Waals surface area (Å²) in [5.74, 6) is -2.01. The van der Waals surface area contributed by atoms with Crippen molar-refractivity contribution < 1.29 is 38.9 Å².